The summed E-state index contributed by atoms with van der Waals surface area (Å²) in [5, 5.41) is 12.0. The van der Waals surface area contributed by atoms with Gasteiger partial charge in [0.1, 0.15) is 11.3 Å². The predicted molar refractivity (Wildman–Crippen MR) is 69.6 cm³/mol. The molecule has 2 heterocycles. The van der Waals surface area contributed by atoms with Crippen molar-refractivity contribution in [2.75, 3.05) is 0 Å². The van der Waals surface area contributed by atoms with Crippen molar-refractivity contribution in [3.8, 4) is 0 Å². The zero-order chi connectivity index (χ0) is 15.4. The van der Waals surface area contributed by atoms with E-state index in [0.29, 0.717) is 12.8 Å². The third-order valence-electron chi connectivity index (χ3n) is 4.21. The van der Waals surface area contributed by atoms with Crippen LogP contribution in [0.15, 0.2) is 23.0 Å². The van der Waals surface area contributed by atoms with Crippen molar-refractivity contribution in [2.24, 2.45) is 0 Å². The number of aliphatic hydroxyl groups is 1. The summed E-state index contributed by atoms with van der Waals surface area (Å²) < 4.78 is 0. The Morgan fingerprint density at radius 3 is 2.52 bits per heavy atom. The molecule has 1 atom stereocenters. The number of hydrogen-bond donors (Lipinski definition) is 2. The molecular formula is C14H14N2O5. The molecule has 0 radical (unpaired) electrons. The van der Waals surface area contributed by atoms with Gasteiger partial charge in [-0.15, -0.1) is 0 Å². The third kappa shape index (κ3) is 1.73. The molecule has 3 aliphatic rings. The number of carbonyl (C=O) groups is 4. The van der Waals surface area contributed by atoms with E-state index in [0.717, 1.165) is 4.90 Å². The van der Waals surface area contributed by atoms with E-state index >= 15 is 0 Å². The van der Waals surface area contributed by atoms with Crippen LogP contribution in [0.2, 0.25) is 0 Å². The lowest BCUT2D eigenvalue weighted by molar-refractivity contribution is -0.156. The average Bonchev–Trinajstić information content (AvgIpc) is 2.68. The molecule has 2 aliphatic heterocycles. The van der Waals surface area contributed by atoms with Gasteiger partial charge in [-0.05, 0) is 19.8 Å². The molecule has 7 nitrogen and oxygen atoms in total. The van der Waals surface area contributed by atoms with Gasteiger partial charge in [0.05, 0.1) is 11.1 Å². The van der Waals surface area contributed by atoms with Gasteiger partial charge in [0.15, 0.2) is 0 Å². The van der Waals surface area contributed by atoms with Gasteiger partial charge in [-0.25, -0.2) is 0 Å². The Morgan fingerprint density at radius 2 is 1.90 bits per heavy atom. The van der Waals surface area contributed by atoms with E-state index in [1.54, 1.807) is 6.08 Å². The van der Waals surface area contributed by atoms with Gasteiger partial charge in [-0.1, -0.05) is 6.08 Å². The fraction of sp³-hybridized carbons (Fsp3) is 0.429. The van der Waals surface area contributed by atoms with Crippen LogP contribution in [0.1, 0.15) is 32.6 Å². The number of hydrogen-bond acceptors (Lipinski definition) is 5. The number of rotatable bonds is 1. The second-order valence-corrected chi connectivity index (χ2v) is 5.58. The summed E-state index contributed by atoms with van der Waals surface area (Å²) in [6.07, 6.45) is 2.51. The number of imide groups is 2. The first-order valence-corrected chi connectivity index (χ1v) is 6.72. The molecule has 0 aromatic heterocycles. The first-order valence-electron chi connectivity index (χ1n) is 6.72. The number of fused-ring (bicyclic) bond motifs is 1. The molecule has 0 aromatic carbocycles. The zero-order valence-corrected chi connectivity index (χ0v) is 11.4. The Labute approximate surface area is 120 Å². The number of aliphatic hydroxyl groups excluding tert-OH is 1. The Morgan fingerprint density at radius 1 is 1.19 bits per heavy atom. The monoisotopic (exact) mass is 290 g/mol. The van der Waals surface area contributed by atoms with E-state index in [4.69, 9.17) is 0 Å². The molecule has 4 amide bonds. The molecule has 2 saturated heterocycles. The molecular weight excluding hydrogens is 276 g/mol. The lowest BCUT2D eigenvalue weighted by atomic mass is 9.89. The third-order valence-corrected chi connectivity index (χ3v) is 4.21. The highest BCUT2D eigenvalue weighted by atomic mass is 16.3. The standard InChI is InChI=1S/C14H14N2O5/c1-14(6-5-9(18)15-13(14)21)16-11(19)7-3-2-4-8(17)10(7)12(16)20/h3,17H,2,4-6H2,1H3,(H,15,18,21)/t14-/m0/s1. The topological polar surface area (TPSA) is 104 Å². The fourth-order valence-electron chi connectivity index (χ4n) is 2.95. The first-order chi connectivity index (χ1) is 9.86. The first kappa shape index (κ1) is 13.5. The van der Waals surface area contributed by atoms with E-state index in [1.807, 2.05) is 0 Å². The number of nitrogens with one attached hydrogen (secondary N) is 1. The number of nitrogens with zero attached hydrogens (tertiary/aromatic N) is 1. The van der Waals surface area contributed by atoms with E-state index < -0.39 is 29.2 Å². The quantitative estimate of drug-likeness (QED) is 0.666. The SMILES string of the molecule is C[C@]1(N2C(=O)C3=CCCC(O)=C3C2=O)CCC(=O)NC1=O. The number of carbonyl (C=O) groups excluding carboxylic acids is 4. The molecule has 0 aromatic rings. The van der Waals surface area contributed by atoms with Crippen LogP contribution >= 0.6 is 0 Å². The van der Waals surface area contributed by atoms with Gasteiger partial charge in [-0.3, -0.25) is 29.4 Å². The largest absolute Gasteiger partial charge is 0.511 e. The van der Waals surface area contributed by atoms with Crippen LogP contribution < -0.4 is 5.32 Å². The summed E-state index contributed by atoms with van der Waals surface area (Å²) in [4.78, 5) is 49.2. The van der Waals surface area contributed by atoms with Crippen LogP contribution in [-0.4, -0.2) is 39.2 Å². The number of allylic oxidation sites excluding steroid dienone is 2. The lowest BCUT2D eigenvalue weighted by Gasteiger charge is -2.37. The van der Waals surface area contributed by atoms with Crippen LogP contribution in [0.3, 0.4) is 0 Å². The predicted octanol–water partition coefficient (Wildman–Crippen LogP) is 0.0828. The van der Waals surface area contributed by atoms with E-state index in [-0.39, 0.29) is 29.7 Å². The molecule has 1 aliphatic carbocycles. The highest BCUT2D eigenvalue weighted by Crippen LogP contribution is 2.38. The van der Waals surface area contributed by atoms with Gasteiger partial charge in [0.25, 0.3) is 17.7 Å². The summed E-state index contributed by atoms with van der Waals surface area (Å²) in [5.74, 6) is -2.47. The zero-order valence-electron chi connectivity index (χ0n) is 11.4. The van der Waals surface area contributed by atoms with Crippen molar-refractivity contribution in [1.29, 1.82) is 0 Å². The van der Waals surface area contributed by atoms with Crippen molar-refractivity contribution in [3.05, 3.63) is 23.0 Å². The minimum Gasteiger partial charge on any atom is -0.511 e. The Bertz CT molecular complexity index is 660. The van der Waals surface area contributed by atoms with Gasteiger partial charge >= 0.3 is 0 Å². The minimum atomic E-state index is -1.41. The van der Waals surface area contributed by atoms with Crippen LogP contribution in [0.25, 0.3) is 0 Å². The summed E-state index contributed by atoms with van der Waals surface area (Å²) in [6, 6.07) is 0. The normalized spacial score (nSPS) is 29.6. The summed E-state index contributed by atoms with van der Waals surface area (Å²) in [5.41, 5.74) is -1.28. The summed E-state index contributed by atoms with van der Waals surface area (Å²) >= 11 is 0. The average molecular weight is 290 g/mol. The maximum atomic E-state index is 12.5. The number of amides is 4. The Kier molecular flexibility index (Phi) is 2.76. The molecule has 0 saturated carbocycles. The molecule has 0 spiro atoms. The van der Waals surface area contributed by atoms with Gasteiger partial charge < -0.3 is 5.11 Å². The van der Waals surface area contributed by atoms with Gasteiger partial charge in [-0.2, -0.15) is 0 Å². The second kappa shape index (κ2) is 4.28. The maximum Gasteiger partial charge on any atom is 0.265 e. The molecule has 110 valence electrons. The van der Waals surface area contributed by atoms with Crippen molar-refractivity contribution in [3.63, 3.8) is 0 Å². The minimum absolute atomic E-state index is 0.0165. The smallest absolute Gasteiger partial charge is 0.265 e. The lowest BCUT2D eigenvalue weighted by Crippen LogP contribution is -2.62. The number of likely N-dealkylation sites (tertiary alicyclic amines) is 1. The molecule has 0 unspecified atom stereocenters. The molecule has 21 heavy (non-hydrogen) atoms. The number of piperidine rings is 1. The second-order valence-electron chi connectivity index (χ2n) is 5.58. The Balaban J connectivity index is 2.06. The van der Waals surface area contributed by atoms with Gasteiger partial charge in [0, 0.05) is 12.8 Å². The van der Waals surface area contributed by atoms with Gasteiger partial charge in [0.2, 0.25) is 5.91 Å². The van der Waals surface area contributed by atoms with Crippen molar-refractivity contribution >= 4 is 23.6 Å². The van der Waals surface area contributed by atoms with Crippen LogP contribution in [0.5, 0.6) is 0 Å². The Hall–Kier alpha value is -2.44. The van der Waals surface area contributed by atoms with Crippen LogP contribution in [0, 0.1) is 0 Å². The molecule has 0 bridgehead atoms. The van der Waals surface area contributed by atoms with Crippen molar-refractivity contribution in [2.45, 2.75) is 38.1 Å². The molecule has 2 fully saturated rings. The molecule has 3 rings (SSSR count). The van der Waals surface area contributed by atoms with E-state index in [9.17, 15) is 24.3 Å². The highest BCUT2D eigenvalue weighted by molar-refractivity contribution is 6.27. The summed E-state index contributed by atoms with van der Waals surface area (Å²) in [7, 11) is 0. The van der Waals surface area contributed by atoms with Crippen LogP contribution in [0.4, 0.5) is 0 Å². The van der Waals surface area contributed by atoms with E-state index in [1.165, 1.54) is 6.92 Å². The fourth-order valence-corrected chi connectivity index (χ4v) is 2.95. The maximum absolute atomic E-state index is 12.5. The highest BCUT2D eigenvalue weighted by Gasteiger charge is 2.55. The van der Waals surface area contributed by atoms with E-state index in [2.05, 4.69) is 5.32 Å². The van der Waals surface area contributed by atoms with Crippen molar-refractivity contribution < 1.29 is 24.3 Å². The van der Waals surface area contributed by atoms with Crippen LogP contribution in [-0.2, 0) is 19.2 Å². The van der Waals surface area contributed by atoms with Crippen molar-refractivity contribution in [1.82, 2.24) is 10.2 Å². The molecule has 7 heteroatoms. The summed E-state index contributed by atoms with van der Waals surface area (Å²) in [6.45, 7) is 1.46. The molecule has 2 N–H and O–H groups in total.